The van der Waals surface area contributed by atoms with Gasteiger partial charge in [-0.05, 0) is 25.5 Å². The number of aliphatic hydroxyl groups excluding tert-OH is 1. The molecule has 0 aliphatic heterocycles. The minimum absolute atomic E-state index is 0.219. The first-order valence-electron chi connectivity index (χ1n) is 6.70. The third kappa shape index (κ3) is 3.30. The van der Waals surface area contributed by atoms with Crippen LogP contribution in [0.5, 0.6) is 0 Å². The van der Waals surface area contributed by atoms with Gasteiger partial charge in [-0.2, -0.15) is 5.10 Å². The van der Waals surface area contributed by atoms with Crippen molar-refractivity contribution in [2.75, 3.05) is 19.7 Å². The standard InChI is InChI=1S/C13H23N3O/c1-2-15(9-10-17)11-12-7-8-16(14-12)13-5-3-4-6-13/h7-8,13,17H,2-6,9-11H2,1H3. The zero-order valence-electron chi connectivity index (χ0n) is 10.7. The maximum Gasteiger partial charge on any atom is 0.0764 e. The Morgan fingerprint density at radius 2 is 2.24 bits per heavy atom. The molecule has 1 N–H and O–H groups in total. The molecule has 0 spiro atoms. The van der Waals surface area contributed by atoms with Crippen molar-refractivity contribution in [3.05, 3.63) is 18.0 Å². The second-order valence-electron chi connectivity index (χ2n) is 4.82. The Kier molecular flexibility index (Phi) is 4.57. The smallest absolute Gasteiger partial charge is 0.0764 e. The van der Waals surface area contributed by atoms with E-state index in [4.69, 9.17) is 5.11 Å². The molecule has 1 aliphatic rings. The first kappa shape index (κ1) is 12.6. The van der Waals surface area contributed by atoms with Crippen LogP contribution in [0.3, 0.4) is 0 Å². The Bertz CT molecular complexity index is 331. The minimum Gasteiger partial charge on any atom is -0.395 e. The van der Waals surface area contributed by atoms with Gasteiger partial charge in [0.2, 0.25) is 0 Å². The summed E-state index contributed by atoms with van der Waals surface area (Å²) in [6, 6.07) is 2.73. The van der Waals surface area contributed by atoms with Gasteiger partial charge >= 0.3 is 0 Å². The van der Waals surface area contributed by atoms with Crippen LogP contribution < -0.4 is 0 Å². The Hall–Kier alpha value is -0.870. The molecule has 4 nitrogen and oxygen atoms in total. The van der Waals surface area contributed by atoms with Crippen molar-refractivity contribution in [1.29, 1.82) is 0 Å². The third-order valence-corrected chi connectivity index (χ3v) is 3.61. The van der Waals surface area contributed by atoms with Crippen LogP contribution in [0.2, 0.25) is 0 Å². The number of hydrogen-bond donors (Lipinski definition) is 1. The largest absolute Gasteiger partial charge is 0.395 e. The molecule has 1 fully saturated rings. The van der Waals surface area contributed by atoms with Gasteiger partial charge in [0, 0.05) is 19.3 Å². The molecule has 0 unspecified atom stereocenters. The van der Waals surface area contributed by atoms with E-state index in [9.17, 15) is 0 Å². The minimum atomic E-state index is 0.219. The first-order valence-corrected chi connectivity index (χ1v) is 6.70. The fourth-order valence-corrected chi connectivity index (χ4v) is 2.55. The lowest BCUT2D eigenvalue weighted by atomic mass is 10.3. The van der Waals surface area contributed by atoms with Crippen molar-refractivity contribution in [1.82, 2.24) is 14.7 Å². The maximum atomic E-state index is 8.96. The van der Waals surface area contributed by atoms with Gasteiger partial charge in [-0.1, -0.05) is 19.8 Å². The van der Waals surface area contributed by atoms with Gasteiger partial charge in [-0.25, -0.2) is 0 Å². The molecule has 1 heterocycles. The number of likely N-dealkylation sites (N-methyl/N-ethyl adjacent to an activating group) is 1. The van der Waals surface area contributed by atoms with Crippen LogP contribution in [0.1, 0.15) is 44.3 Å². The van der Waals surface area contributed by atoms with E-state index < -0.39 is 0 Å². The Morgan fingerprint density at radius 3 is 2.88 bits per heavy atom. The Balaban J connectivity index is 1.92. The zero-order chi connectivity index (χ0) is 12.1. The van der Waals surface area contributed by atoms with Crippen molar-refractivity contribution < 1.29 is 5.11 Å². The molecule has 0 radical (unpaired) electrons. The highest BCUT2D eigenvalue weighted by atomic mass is 16.3. The second kappa shape index (κ2) is 6.17. The second-order valence-corrected chi connectivity index (χ2v) is 4.82. The molecule has 1 aliphatic carbocycles. The number of aliphatic hydroxyl groups is 1. The van der Waals surface area contributed by atoms with E-state index in [0.717, 1.165) is 25.3 Å². The van der Waals surface area contributed by atoms with Crippen molar-refractivity contribution in [3.8, 4) is 0 Å². The van der Waals surface area contributed by atoms with Gasteiger partial charge < -0.3 is 5.11 Å². The Morgan fingerprint density at radius 1 is 1.47 bits per heavy atom. The van der Waals surface area contributed by atoms with Crippen molar-refractivity contribution >= 4 is 0 Å². The van der Waals surface area contributed by atoms with Gasteiger partial charge in [0.1, 0.15) is 0 Å². The molecule has 4 heteroatoms. The summed E-state index contributed by atoms with van der Waals surface area (Å²) in [7, 11) is 0. The lowest BCUT2D eigenvalue weighted by Gasteiger charge is -2.17. The highest BCUT2D eigenvalue weighted by molar-refractivity contribution is 5.00. The number of hydrogen-bond acceptors (Lipinski definition) is 3. The molecule has 17 heavy (non-hydrogen) atoms. The average Bonchev–Trinajstić information content (AvgIpc) is 2.98. The van der Waals surface area contributed by atoms with Gasteiger partial charge in [0.15, 0.2) is 0 Å². The van der Waals surface area contributed by atoms with Crippen LogP contribution in [-0.2, 0) is 6.54 Å². The zero-order valence-corrected chi connectivity index (χ0v) is 10.7. The van der Waals surface area contributed by atoms with E-state index in [0.29, 0.717) is 6.04 Å². The highest BCUT2D eigenvalue weighted by Gasteiger charge is 2.17. The number of aromatic nitrogens is 2. The van der Waals surface area contributed by atoms with Crippen molar-refractivity contribution in [3.63, 3.8) is 0 Å². The quantitative estimate of drug-likeness (QED) is 0.820. The molecule has 96 valence electrons. The van der Waals surface area contributed by atoms with Gasteiger partial charge in [-0.3, -0.25) is 9.58 Å². The predicted molar refractivity (Wildman–Crippen MR) is 67.8 cm³/mol. The van der Waals surface area contributed by atoms with Gasteiger partial charge in [0.25, 0.3) is 0 Å². The number of nitrogens with zero attached hydrogens (tertiary/aromatic N) is 3. The van der Waals surface area contributed by atoms with Crippen LogP contribution in [-0.4, -0.2) is 39.5 Å². The lowest BCUT2D eigenvalue weighted by Crippen LogP contribution is -2.26. The summed E-state index contributed by atoms with van der Waals surface area (Å²) in [6.07, 6.45) is 7.33. The molecule has 0 atom stereocenters. The Labute approximate surface area is 103 Å². The topological polar surface area (TPSA) is 41.3 Å². The van der Waals surface area contributed by atoms with E-state index in [2.05, 4.69) is 33.9 Å². The monoisotopic (exact) mass is 237 g/mol. The SMILES string of the molecule is CCN(CCO)Cc1ccn(C2CCCC2)n1. The summed E-state index contributed by atoms with van der Waals surface area (Å²) in [5.41, 5.74) is 1.12. The summed E-state index contributed by atoms with van der Waals surface area (Å²) in [5.74, 6) is 0. The molecule has 1 aromatic heterocycles. The van der Waals surface area contributed by atoms with Crippen molar-refractivity contribution in [2.45, 2.75) is 45.2 Å². The van der Waals surface area contributed by atoms with E-state index in [1.54, 1.807) is 0 Å². The predicted octanol–water partition coefficient (Wildman–Crippen LogP) is 1.81. The van der Waals surface area contributed by atoms with Crippen molar-refractivity contribution in [2.24, 2.45) is 0 Å². The summed E-state index contributed by atoms with van der Waals surface area (Å²) in [4.78, 5) is 2.21. The van der Waals surface area contributed by atoms with Gasteiger partial charge in [-0.15, -0.1) is 0 Å². The van der Waals surface area contributed by atoms with Gasteiger partial charge in [0.05, 0.1) is 18.3 Å². The van der Waals surface area contributed by atoms with Crippen LogP contribution in [0.15, 0.2) is 12.3 Å². The molecule has 2 rings (SSSR count). The van der Waals surface area contributed by atoms with Crippen LogP contribution in [0.25, 0.3) is 0 Å². The molecular weight excluding hydrogens is 214 g/mol. The number of rotatable bonds is 6. The summed E-state index contributed by atoms with van der Waals surface area (Å²) in [5, 5.41) is 13.6. The molecule has 1 saturated carbocycles. The van der Waals surface area contributed by atoms with E-state index in [1.807, 2.05) is 0 Å². The molecule has 0 aromatic carbocycles. The normalized spacial score (nSPS) is 17.1. The fourth-order valence-electron chi connectivity index (χ4n) is 2.55. The highest BCUT2D eigenvalue weighted by Crippen LogP contribution is 2.28. The molecule has 0 saturated heterocycles. The van der Waals surface area contributed by atoms with E-state index >= 15 is 0 Å². The molecule has 1 aromatic rings. The maximum absolute atomic E-state index is 8.96. The van der Waals surface area contributed by atoms with Crippen LogP contribution in [0, 0.1) is 0 Å². The summed E-state index contributed by atoms with van der Waals surface area (Å²) in [6.45, 7) is 4.86. The molecular formula is C13H23N3O. The summed E-state index contributed by atoms with van der Waals surface area (Å²) < 4.78 is 2.13. The average molecular weight is 237 g/mol. The first-order chi connectivity index (χ1) is 8.33. The van der Waals surface area contributed by atoms with E-state index in [1.165, 1.54) is 25.7 Å². The molecule has 0 amide bonds. The van der Waals surface area contributed by atoms with E-state index in [-0.39, 0.29) is 6.61 Å². The third-order valence-electron chi connectivity index (χ3n) is 3.61. The lowest BCUT2D eigenvalue weighted by molar-refractivity contribution is 0.195. The summed E-state index contributed by atoms with van der Waals surface area (Å²) >= 11 is 0. The molecule has 0 bridgehead atoms. The fraction of sp³-hybridized carbons (Fsp3) is 0.769. The van der Waals surface area contributed by atoms with Crippen LogP contribution >= 0.6 is 0 Å². The van der Waals surface area contributed by atoms with Crippen LogP contribution in [0.4, 0.5) is 0 Å².